The Hall–Kier alpha value is -0.900. The highest BCUT2D eigenvalue weighted by Crippen LogP contribution is 2.11. The van der Waals surface area contributed by atoms with Crippen LogP contribution >= 0.6 is 0 Å². The second-order valence-electron chi connectivity index (χ2n) is 6.20. The fourth-order valence-electron chi connectivity index (χ4n) is 2.34. The molecule has 1 N–H and O–H groups in total. The van der Waals surface area contributed by atoms with Crippen molar-refractivity contribution in [2.75, 3.05) is 0 Å². The second kappa shape index (κ2) is 11.7. The molecule has 4 nitrogen and oxygen atoms in total. The van der Waals surface area contributed by atoms with Gasteiger partial charge in [-0.2, -0.15) is 0 Å². The van der Waals surface area contributed by atoms with Crippen LogP contribution in [0.4, 0.5) is 0 Å². The molecule has 0 bridgehead atoms. The predicted octanol–water partition coefficient (Wildman–Crippen LogP) is 4.64. The summed E-state index contributed by atoms with van der Waals surface area (Å²) in [6.45, 7) is 7.16. The summed E-state index contributed by atoms with van der Waals surface area (Å²) in [5.74, 6) is 1.49. The Morgan fingerprint density at radius 2 is 1.43 bits per heavy atom. The first-order valence-corrected chi connectivity index (χ1v) is 8.77. The van der Waals surface area contributed by atoms with Gasteiger partial charge in [-0.25, -0.2) is 0 Å². The summed E-state index contributed by atoms with van der Waals surface area (Å²) in [6, 6.07) is 0.442. The summed E-state index contributed by atoms with van der Waals surface area (Å²) >= 11 is 0. The fraction of sp³-hybridized carbons (Fsp3) is 0.882. The van der Waals surface area contributed by atoms with E-state index < -0.39 is 0 Å². The lowest BCUT2D eigenvalue weighted by Crippen LogP contribution is -2.21. The summed E-state index contributed by atoms with van der Waals surface area (Å²) in [4.78, 5) is 0. The number of hydrogen-bond acceptors (Lipinski definition) is 4. The fourth-order valence-corrected chi connectivity index (χ4v) is 2.34. The molecule has 122 valence electrons. The molecule has 0 spiro atoms. The Kier molecular flexibility index (Phi) is 10.1. The van der Waals surface area contributed by atoms with Crippen LogP contribution in [0.3, 0.4) is 0 Å². The van der Waals surface area contributed by atoms with Crippen LogP contribution in [0.25, 0.3) is 0 Å². The van der Waals surface area contributed by atoms with Gasteiger partial charge >= 0.3 is 0 Å². The van der Waals surface area contributed by atoms with Crippen molar-refractivity contribution < 1.29 is 4.42 Å². The van der Waals surface area contributed by atoms with Crippen LogP contribution in [0.15, 0.2) is 4.42 Å². The molecule has 4 heteroatoms. The first-order valence-electron chi connectivity index (χ1n) is 8.77. The molecule has 0 fully saturated rings. The van der Waals surface area contributed by atoms with Crippen molar-refractivity contribution in [1.29, 1.82) is 0 Å². The zero-order valence-electron chi connectivity index (χ0n) is 14.2. The van der Waals surface area contributed by atoms with Crippen LogP contribution in [0.1, 0.15) is 90.3 Å². The standard InChI is InChI=1S/C17H33N3O/c1-4-5-6-7-8-9-10-11-12-13-16-19-20-17(21-16)14-18-15(2)3/h15,18H,4-14H2,1-3H3. The van der Waals surface area contributed by atoms with Crippen molar-refractivity contribution in [3.05, 3.63) is 11.8 Å². The molecule has 0 saturated carbocycles. The topological polar surface area (TPSA) is 51.0 Å². The largest absolute Gasteiger partial charge is 0.424 e. The Balaban J connectivity index is 1.97. The van der Waals surface area contributed by atoms with Crippen molar-refractivity contribution in [1.82, 2.24) is 15.5 Å². The van der Waals surface area contributed by atoms with Gasteiger partial charge in [-0.3, -0.25) is 0 Å². The molecule has 0 radical (unpaired) electrons. The maximum atomic E-state index is 5.62. The monoisotopic (exact) mass is 295 g/mol. The maximum absolute atomic E-state index is 5.62. The van der Waals surface area contributed by atoms with Crippen molar-refractivity contribution in [2.24, 2.45) is 0 Å². The molecule has 0 unspecified atom stereocenters. The summed E-state index contributed by atoms with van der Waals surface area (Å²) in [5, 5.41) is 11.5. The third kappa shape index (κ3) is 9.62. The van der Waals surface area contributed by atoms with Gasteiger partial charge < -0.3 is 9.73 Å². The molecule has 0 saturated heterocycles. The molecule has 0 aliphatic heterocycles. The number of nitrogens with zero attached hydrogens (tertiary/aromatic N) is 2. The average Bonchev–Trinajstić information content (AvgIpc) is 2.91. The molecular weight excluding hydrogens is 262 g/mol. The summed E-state index contributed by atoms with van der Waals surface area (Å²) < 4.78 is 5.62. The summed E-state index contributed by atoms with van der Waals surface area (Å²) in [5.41, 5.74) is 0. The molecule has 0 aromatic carbocycles. The minimum absolute atomic E-state index is 0.442. The number of hydrogen-bond donors (Lipinski definition) is 1. The van der Waals surface area contributed by atoms with Gasteiger partial charge in [0.25, 0.3) is 0 Å². The lowest BCUT2D eigenvalue weighted by molar-refractivity contribution is 0.415. The van der Waals surface area contributed by atoms with Gasteiger partial charge in [0.2, 0.25) is 11.8 Å². The van der Waals surface area contributed by atoms with E-state index in [0.717, 1.165) is 18.7 Å². The molecule has 1 aromatic heterocycles. The Morgan fingerprint density at radius 3 is 2.05 bits per heavy atom. The van der Waals surface area contributed by atoms with Gasteiger partial charge in [0.15, 0.2) is 0 Å². The first kappa shape index (κ1) is 18.1. The smallest absolute Gasteiger partial charge is 0.230 e. The minimum atomic E-state index is 0.442. The van der Waals surface area contributed by atoms with E-state index >= 15 is 0 Å². The normalized spacial score (nSPS) is 11.4. The van der Waals surface area contributed by atoms with Crippen LogP contribution in [-0.4, -0.2) is 16.2 Å². The van der Waals surface area contributed by atoms with E-state index in [1.165, 1.54) is 51.4 Å². The van der Waals surface area contributed by atoms with Crippen LogP contribution in [0, 0.1) is 0 Å². The molecule has 1 rings (SSSR count). The lowest BCUT2D eigenvalue weighted by atomic mass is 10.1. The molecular formula is C17H33N3O. The van der Waals surface area contributed by atoms with Crippen LogP contribution in [0.5, 0.6) is 0 Å². The highest BCUT2D eigenvalue weighted by atomic mass is 16.4. The third-order valence-corrected chi connectivity index (χ3v) is 3.66. The van der Waals surface area contributed by atoms with Crippen LogP contribution in [0.2, 0.25) is 0 Å². The number of nitrogens with one attached hydrogen (secondary N) is 1. The van der Waals surface area contributed by atoms with E-state index in [4.69, 9.17) is 4.42 Å². The number of rotatable bonds is 13. The molecule has 0 atom stereocenters. The van der Waals surface area contributed by atoms with E-state index in [9.17, 15) is 0 Å². The van der Waals surface area contributed by atoms with Gasteiger partial charge in [-0.15, -0.1) is 10.2 Å². The van der Waals surface area contributed by atoms with Gasteiger partial charge in [-0.05, 0) is 6.42 Å². The summed E-state index contributed by atoms with van der Waals surface area (Å²) in [7, 11) is 0. The molecule has 0 aliphatic carbocycles. The summed E-state index contributed by atoms with van der Waals surface area (Å²) in [6.07, 6.45) is 13.0. The number of aryl methyl sites for hydroxylation is 1. The molecule has 1 heterocycles. The zero-order chi connectivity index (χ0) is 15.3. The SMILES string of the molecule is CCCCCCCCCCCc1nnc(CNC(C)C)o1. The quantitative estimate of drug-likeness (QED) is 0.539. The Bertz CT molecular complexity index is 350. The average molecular weight is 295 g/mol. The van der Waals surface area contributed by atoms with Crippen molar-refractivity contribution in [2.45, 2.75) is 97.6 Å². The third-order valence-electron chi connectivity index (χ3n) is 3.66. The second-order valence-corrected chi connectivity index (χ2v) is 6.20. The van der Waals surface area contributed by atoms with Gasteiger partial charge in [0, 0.05) is 12.5 Å². The van der Waals surface area contributed by atoms with Crippen molar-refractivity contribution in [3.8, 4) is 0 Å². The van der Waals surface area contributed by atoms with Gasteiger partial charge in [0.05, 0.1) is 6.54 Å². The Morgan fingerprint density at radius 1 is 0.857 bits per heavy atom. The highest BCUT2D eigenvalue weighted by molar-refractivity contribution is 4.82. The molecule has 0 aliphatic rings. The zero-order valence-corrected chi connectivity index (χ0v) is 14.2. The van der Waals surface area contributed by atoms with E-state index in [2.05, 4.69) is 36.3 Å². The van der Waals surface area contributed by atoms with E-state index in [1.807, 2.05) is 0 Å². The van der Waals surface area contributed by atoms with Crippen molar-refractivity contribution in [3.63, 3.8) is 0 Å². The van der Waals surface area contributed by atoms with E-state index in [1.54, 1.807) is 0 Å². The highest BCUT2D eigenvalue weighted by Gasteiger charge is 2.06. The molecule has 21 heavy (non-hydrogen) atoms. The lowest BCUT2D eigenvalue weighted by Gasteiger charge is -2.03. The predicted molar refractivity (Wildman–Crippen MR) is 87.2 cm³/mol. The number of aromatic nitrogens is 2. The van der Waals surface area contributed by atoms with Gasteiger partial charge in [-0.1, -0.05) is 72.1 Å². The molecule has 1 aromatic rings. The van der Waals surface area contributed by atoms with Crippen molar-refractivity contribution >= 4 is 0 Å². The van der Waals surface area contributed by atoms with Crippen LogP contribution < -0.4 is 5.32 Å². The molecule has 0 amide bonds. The first-order chi connectivity index (χ1) is 10.2. The minimum Gasteiger partial charge on any atom is -0.424 e. The van der Waals surface area contributed by atoms with Crippen LogP contribution in [-0.2, 0) is 13.0 Å². The Labute approximate surface area is 130 Å². The van der Waals surface area contributed by atoms with E-state index in [0.29, 0.717) is 18.5 Å². The van der Waals surface area contributed by atoms with E-state index in [-0.39, 0.29) is 0 Å². The number of unbranched alkanes of at least 4 members (excludes halogenated alkanes) is 8. The van der Waals surface area contributed by atoms with Gasteiger partial charge in [0.1, 0.15) is 0 Å². The maximum Gasteiger partial charge on any atom is 0.230 e.